The van der Waals surface area contributed by atoms with Crippen LogP contribution in [0.1, 0.15) is 75.7 Å². The topological polar surface area (TPSA) is 45.2 Å². The molecule has 1 fully saturated rings. The SMILES string of the molecule is CCCN(CCC)C(=O)c1cc(NC2CCCCCC2)ccn1. The maximum Gasteiger partial charge on any atom is 0.272 e. The number of aromatic nitrogens is 1. The van der Waals surface area contributed by atoms with Crippen molar-refractivity contribution >= 4 is 11.6 Å². The van der Waals surface area contributed by atoms with Crippen LogP contribution in [0.15, 0.2) is 18.3 Å². The molecule has 4 nitrogen and oxygen atoms in total. The fourth-order valence-corrected chi connectivity index (χ4v) is 3.31. The first-order valence-electron chi connectivity index (χ1n) is 9.26. The van der Waals surface area contributed by atoms with E-state index in [1.807, 2.05) is 17.0 Å². The van der Waals surface area contributed by atoms with Gasteiger partial charge in [0.15, 0.2) is 0 Å². The standard InChI is InChI=1S/C19H31N3O/c1-3-13-22(14-4-2)19(23)18-15-17(11-12-20-18)21-16-9-7-5-6-8-10-16/h11-12,15-16H,3-10,13-14H2,1-2H3,(H,20,21). The average Bonchev–Trinajstić information content (AvgIpc) is 2.83. The van der Waals surface area contributed by atoms with Gasteiger partial charge in [-0.3, -0.25) is 9.78 Å². The fraction of sp³-hybridized carbons (Fsp3) is 0.684. The van der Waals surface area contributed by atoms with Crippen molar-refractivity contribution < 1.29 is 4.79 Å². The second-order valence-corrected chi connectivity index (χ2v) is 6.55. The highest BCUT2D eigenvalue weighted by Gasteiger charge is 2.17. The van der Waals surface area contributed by atoms with Gasteiger partial charge < -0.3 is 10.2 Å². The molecule has 23 heavy (non-hydrogen) atoms. The van der Waals surface area contributed by atoms with Crippen molar-refractivity contribution in [3.63, 3.8) is 0 Å². The maximum atomic E-state index is 12.7. The summed E-state index contributed by atoms with van der Waals surface area (Å²) in [6, 6.07) is 4.43. The zero-order valence-electron chi connectivity index (χ0n) is 14.7. The summed E-state index contributed by atoms with van der Waals surface area (Å²) in [6.07, 6.45) is 11.5. The summed E-state index contributed by atoms with van der Waals surface area (Å²) in [5, 5.41) is 3.61. The van der Waals surface area contributed by atoms with Gasteiger partial charge in [-0.05, 0) is 37.8 Å². The summed E-state index contributed by atoms with van der Waals surface area (Å²) in [5.74, 6) is 0.0539. The number of nitrogens with zero attached hydrogens (tertiary/aromatic N) is 2. The molecule has 1 saturated carbocycles. The van der Waals surface area contributed by atoms with Gasteiger partial charge in [0.1, 0.15) is 5.69 Å². The molecule has 1 amide bonds. The zero-order chi connectivity index (χ0) is 16.5. The first-order chi connectivity index (χ1) is 11.2. The third-order valence-electron chi connectivity index (χ3n) is 4.48. The van der Waals surface area contributed by atoms with Crippen molar-refractivity contribution in [2.45, 2.75) is 71.3 Å². The molecule has 2 rings (SSSR count). The second kappa shape index (κ2) is 9.53. The van der Waals surface area contributed by atoms with Crippen molar-refractivity contribution in [1.82, 2.24) is 9.88 Å². The highest BCUT2D eigenvalue weighted by atomic mass is 16.2. The van der Waals surface area contributed by atoms with E-state index < -0.39 is 0 Å². The third-order valence-corrected chi connectivity index (χ3v) is 4.48. The molecule has 1 aromatic rings. The Kier molecular flexibility index (Phi) is 7.37. The van der Waals surface area contributed by atoms with Crippen LogP contribution in [0.2, 0.25) is 0 Å². The second-order valence-electron chi connectivity index (χ2n) is 6.55. The van der Waals surface area contributed by atoms with E-state index in [2.05, 4.69) is 24.1 Å². The number of carbonyl (C=O) groups excluding carboxylic acids is 1. The lowest BCUT2D eigenvalue weighted by Gasteiger charge is -2.22. The van der Waals surface area contributed by atoms with E-state index in [1.54, 1.807) is 6.20 Å². The minimum Gasteiger partial charge on any atom is -0.382 e. The number of carbonyl (C=O) groups is 1. The summed E-state index contributed by atoms with van der Waals surface area (Å²) in [7, 11) is 0. The lowest BCUT2D eigenvalue weighted by atomic mass is 10.1. The van der Waals surface area contributed by atoms with Gasteiger partial charge in [-0.15, -0.1) is 0 Å². The van der Waals surface area contributed by atoms with Crippen LogP contribution >= 0.6 is 0 Å². The zero-order valence-corrected chi connectivity index (χ0v) is 14.7. The van der Waals surface area contributed by atoms with Crippen LogP contribution in [0.3, 0.4) is 0 Å². The average molecular weight is 317 g/mol. The third kappa shape index (κ3) is 5.52. The molecular weight excluding hydrogens is 286 g/mol. The lowest BCUT2D eigenvalue weighted by Crippen LogP contribution is -2.33. The number of hydrogen-bond donors (Lipinski definition) is 1. The maximum absolute atomic E-state index is 12.7. The molecule has 0 atom stereocenters. The minimum absolute atomic E-state index is 0.0539. The van der Waals surface area contributed by atoms with Gasteiger partial charge >= 0.3 is 0 Å². The number of amides is 1. The van der Waals surface area contributed by atoms with Crippen LogP contribution < -0.4 is 5.32 Å². The normalized spacial score (nSPS) is 15.9. The number of nitrogens with one attached hydrogen (secondary N) is 1. The molecule has 1 aliphatic rings. The van der Waals surface area contributed by atoms with Crippen LogP contribution in [0.4, 0.5) is 5.69 Å². The Labute approximate surface area is 140 Å². The number of rotatable bonds is 7. The summed E-state index contributed by atoms with van der Waals surface area (Å²) < 4.78 is 0. The number of hydrogen-bond acceptors (Lipinski definition) is 3. The fourth-order valence-electron chi connectivity index (χ4n) is 3.31. The molecule has 1 aliphatic carbocycles. The van der Waals surface area contributed by atoms with Gasteiger partial charge in [0.2, 0.25) is 0 Å². The first kappa shape index (κ1) is 17.8. The molecule has 1 heterocycles. The molecule has 0 radical (unpaired) electrons. The molecule has 4 heteroatoms. The minimum atomic E-state index is 0.0539. The Bertz CT molecular complexity index is 475. The smallest absolute Gasteiger partial charge is 0.272 e. The Balaban J connectivity index is 2.04. The van der Waals surface area contributed by atoms with Gasteiger partial charge in [0.25, 0.3) is 5.91 Å². The number of pyridine rings is 1. The van der Waals surface area contributed by atoms with Crippen molar-refractivity contribution in [3.05, 3.63) is 24.0 Å². The van der Waals surface area contributed by atoms with Crippen LogP contribution in [-0.2, 0) is 0 Å². The quantitative estimate of drug-likeness (QED) is 0.754. The van der Waals surface area contributed by atoms with E-state index in [4.69, 9.17) is 0 Å². The summed E-state index contributed by atoms with van der Waals surface area (Å²) in [4.78, 5) is 18.9. The Hall–Kier alpha value is -1.58. The highest BCUT2D eigenvalue weighted by Crippen LogP contribution is 2.21. The molecule has 0 bridgehead atoms. The van der Waals surface area contributed by atoms with E-state index in [1.165, 1.54) is 38.5 Å². The van der Waals surface area contributed by atoms with E-state index in [9.17, 15) is 4.79 Å². The van der Waals surface area contributed by atoms with Crippen molar-refractivity contribution in [1.29, 1.82) is 0 Å². The van der Waals surface area contributed by atoms with Crippen LogP contribution in [-0.4, -0.2) is 34.9 Å². The van der Waals surface area contributed by atoms with Gasteiger partial charge in [-0.2, -0.15) is 0 Å². The molecule has 0 saturated heterocycles. The predicted molar refractivity (Wildman–Crippen MR) is 95.8 cm³/mol. The summed E-state index contributed by atoms with van der Waals surface area (Å²) >= 11 is 0. The van der Waals surface area contributed by atoms with Crippen LogP contribution in [0, 0.1) is 0 Å². The van der Waals surface area contributed by atoms with Crippen molar-refractivity contribution in [2.24, 2.45) is 0 Å². The lowest BCUT2D eigenvalue weighted by molar-refractivity contribution is 0.0749. The summed E-state index contributed by atoms with van der Waals surface area (Å²) in [5.41, 5.74) is 1.59. The van der Waals surface area contributed by atoms with E-state index >= 15 is 0 Å². The Morgan fingerprint density at radius 1 is 1.17 bits per heavy atom. The van der Waals surface area contributed by atoms with E-state index in [0.717, 1.165) is 31.6 Å². The predicted octanol–water partition coefficient (Wildman–Crippen LogP) is 4.48. The van der Waals surface area contributed by atoms with Gasteiger partial charge in [-0.1, -0.05) is 39.5 Å². The molecule has 0 aliphatic heterocycles. The number of anilines is 1. The highest BCUT2D eigenvalue weighted by molar-refractivity contribution is 5.93. The molecule has 1 aromatic heterocycles. The van der Waals surface area contributed by atoms with E-state index in [-0.39, 0.29) is 5.91 Å². The Morgan fingerprint density at radius 3 is 2.43 bits per heavy atom. The Morgan fingerprint density at radius 2 is 1.83 bits per heavy atom. The molecule has 0 unspecified atom stereocenters. The first-order valence-corrected chi connectivity index (χ1v) is 9.26. The molecule has 1 N–H and O–H groups in total. The van der Waals surface area contributed by atoms with Crippen molar-refractivity contribution in [2.75, 3.05) is 18.4 Å². The van der Waals surface area contributed by atoms with Gasteiger partial charge in [0, 0.05) is 31.0 Å². The van der Waals surface area contributed by atoms with Crippen LogP contribution in [0.5, 0.6) is 0 Å². The van der Waals surface area contributed by atoms with Crippen molar-refractivity contribution in [3.8, 4) is 0 Å². The largest absolute Gasteiger partial charge is 0.382 e. The molecule has 0 spiro atoms. The van der Waals surface area contributed by atoms with Gasteiger partial charge in [-0.25, -0.2) is 0 Å². The van der Waals surface area contributed by atoms with Crippen LogP contribution in [0.25, 0.3) is 0 Å². The van der Waals surface area contributed by atoms with Gasteiger partial charge in [0.05, 0.1) is 0 Å². The monoisotopic (exact) mass is 317 g/mol. The van der Waals surface area contributed by atoms with E-state index in [0.29, 0.717) is 11.7 Å². The molecule has 128 valence electrons. The molecule has 0 aromatic carbocycles. The molecular formula is C19H31N3O. The summed E-state index contributed by atoms with van der Waals surface area (Å²) in [6.45, 7) is 5.81.